The van der Waals surface area contributed by atoms with Gasteiger partial charge in [-0.2, -0.15) is 0 Å². The summed E-state index contributed by atoms with van der Waals surface area (Å²) in [7, 11) is 0. The summed E-state index contributed by atoms with van der Waals surface area (Å²) in [6.07, 6.45) is 0.695. The Hall–Kier alpha value is -0.730. The molecular formula is C30H61O11+. The quantitative estimate of drug-likeness (QED) is 0.208. The summed E-state index contributed by atoms with van der Waals surface area (Å²) in [6, 6.07) is 0. The van der Waals surface area contributed by atoms with Crippen molar-refractivity contribution in [3.8, 4) is 0 Å². The molecular weight excluding hydrogens is 536 g/mol. The maximum absolute atomic E-state index is 10.3. The summed E-state index contributed by atoms with van der Waals surface area (Å²) < 4.78 is 34.1. The summed E-state index contributed by atoms with van der Waals surface area (Å²) >= 11 is 0. The fourth-order valence-electron chi connectivity index (χ4n) is 4.59. The normalized spacial score (nSPS) is 27.4. The predicted octanol–water partition coefficient (Wildman–Crippen LogP) is 2.80. The third kappa shape index (κ3) is 20.8. The standard InChI is InChI=1S/C18H34O5.C6H14O5.C6H12O/c1-13(2)7-17(5)20-11-15(22-17)9-19-10-16-12-21-18(6,23-16)8-14(3)4;7-1-5(9)3-11-4-6(10)2-8;1-5(2)4-6(3)7/h13-16H,7-12H2,1-6H3;5-10H,1-4H2;5H,4H2,1-3H3/p+1. The first kappa shape index (κ1) is 40.3. The van der Waals surface area contributed by atoms with Gasteiger partial charge >= 0.3 is 1.43 Å². The van der Waals surface area contributed by atoms with Gasteiger partial charge in [0.15, 0.2) is 11.6 Å². The number of ketones is 1. The van der Waals surface area contributed by atoms with Gasteiger partial charge in [-0.05, 0) is 38.5 Å². The first-order chi connectivity index (χ1) is 19.0. The van der Waals surface area contributed by atoms with Crippen molar-refractivity contribution in [2.45, 2.75) is 118 Å². The van der Waals surface area contributed by atoms with Crippen molar-refractivity contribution in [2.75, 3.05) is 52.9 Å². The van der Waals surface area contributed by atoms with Gasteiger partial charge in [0.25, 0.3) is 0 Å². The molecule has 6 atom stereocenters. The van der Waals surface area contributed by atoms with Crippen LogP contribution in [-0.2, 0) is 33.2 Å². The molecule has 2 rings (SSSR count). The van der Waals surface area contributed by atoms with Crippen LogP contribution >= 0.6 is 0 Å². The third-order valence-corrected chi connectivity index (χ3v) is 5.88. The highest BCUT2D eigenvalue weighted by molar-refractivity contribution is 5.75. The number of hydrogen-bond acceptors (Lipinski definition) is 11. The number of rotatable bonds is 16. The molecule has 41 heavy (non-hydrogen) atoms. The number of Topliss-reactive ketones (excluding diaryl/α,β-unsaturated/α-hetero) is 1. The van der Waals surface area contributed by atoms with Crippen molar-refractivity contribution in [1.29, 1.82) is 0 Å². The van der Waals surface area contributed by atoms with Crippen molar-refractivity contribution in [2.24, 2.45) is 17.8 Å². The van der Waals surface area contributed by atoms with Crippen molar-refractivity contribution >= 4 is 5.78 Å². The highest BCUT2D eigenvalue weighted by Crippen LogP contribution is 2.31. The molecule has 0 aromatic carbocycles. The van der Waals surface area contributed by atoms with Crippen LogP contribution in [0.3, 0.4) is 0 Å². The van der Waals surface area contributed by atoms with Gasteiger partial charge < -0.3 is 53.6 Å². The van der Waals surface area contributed by atoms with Gasteiger partial charge in [-0.3, -0.25) is 0 Å². The molecule has 0 spiro atoms. The predicted molar refractivity (Wildman–Crippen MR) is 156 cm³/mol. The van der Waals surface area contributed by atoms with Crippen molar-refractivity contribution in [1.82, 2.24) is 0 Å². The molecule has 11 nitrogen and oxygen atoms in total. The van der Waals surface area contributed by atoms with E-state index in [2.05, 4.69) is 27.7 Å². The molecule has 0 aromatic heterocycles. The van der Waals surface area contributed by atoms with E-state index in [4.69, 9.17) is 48.8 Å². The van der Waals surface area contributed by atoms with Crippen molar-refractivity contribution in [3.05, 3.63) is 0 Å². The second-order valence-corrected chi connectivity index (χ2v) is 12.6. The van der Waals surface area contributed by atoms with Crippen LogP contribution in [-0.4, -0.2) is 115 Å². The van der Waals surface area contributed by atoms with Gasteiger partial charge in [-0.15, -0.1) is 0 Å². The van der Waals surface area contributed by atoms with E-state index >= 15 is 0 Å². The van der Waals surface area contributed by atoms with Gasteiger partial charge in [0.1, 0.15) is 30.2 Å². The number of aliphatic hydroxyl groups is 4. The average Bonchev–Trinajstić information content (AvgIpc) is 3.39. The van der Waals surface area contributed by atoms with E-state index < -0.39 is 23.8 Å². The molecule has 0 saturated carbocycles. The van der Waals surface area contributed by atoms with Gasteiger partial charge in [-0.25, -0.2) is 0 Å². The highest BCUT2D eigenvalue weighted by Gasteiger charge is 2.39. The monoisotopic (exact) mass is 597 g/mol. The van der Waals surface area contributed by atoms with Crippen LogP contribution in [0, 0.1) is 17.8 Å². The highest BCUT2D eigenvalue weighted by atomic mass is 16.8. The maximum atomic E-state index is 10.3. The molecule has 2 aliphatic heterocycles. The van der Waals surface area contributed by atoms with Crippen LogP contribution in [0.4, 0.5) is 0 Å². The molecule has 2 heterocycles. The maximum Gasteiger partial charge on any atom is 1.00 e. The van der Waals surface area contributed by atoms with Crippen LogP contribution in [0.2, 0.25) is 0 Å². The Kier molecular flexibility index (Phi) is 20.7. The lowest BCUT2D eigenvalue weighted by atomic mass is 10.0. The van der Waals surface area contributed by atoms with Gasteiger partial charge in [0.05, 0.1) is 52.9 Å². The zero-order valence-electron chi connectivity index (χ0n) is 28.0. The van der Waals surface area contributed by atoms with E-state index in [1.54, 1.807) is 6.92 Å². The van der Waals surface area contributed by atoms with E-state index in [0.717, 1.165) is 19.3 Å². The van der Waals surface area contributed by atoms with Crippen LogP contribution in [0.25, 0.3) is 0 Å². The first-order valence-electron chi connectivity index (χ1n) is 14.9. The zero-order valence-corrected chi connectivity index (χ0v) is 27.0. The van der Waals surface area contributed by atoms with Crippen molar-refractivity contribution < 1.29 is 55.1 Å². The lowest BCUT2D eigenvalue weighted by molar-refractivity contribution is -0.177. The van der Waals surface area contributed by atoms with Gasteiger partial charge in [0.2, 0.25) is 0 Å². The molecule has 246 valence electrons. The second-order valence-electron chi connectivity index (χ2n) is 12.6. The Balaban J connectivity index is 0. The third-order valence-electron chi connectivity index (χ3n) is 5.88. The van der Waals surface area contributed by atoms with E-state index in [1.807, 2.05) is 27.7 Å². The number of carbonyl (C=O) groups excluding carboxylic acids is 1. The van der Waals surface area contributed by atoms with E-state index in [9.17, 15) is 4.79 Å². The Labute approximate surface area is 249 Å². The second kappa shape index (κ2) is 21.1. The number of hydrogen-bond donors (Lipinski definition) is 4. The molecule has 4 N–H and O–H groups in total. The largest absolute Gasteiger partial charge is 1.00 e. The minimum absolute atomic E-state index is 0. The summed E-state index contributed by atoms with van der Waals surface area (Å²) in [6.45, 7) is 19.9. The molecule has 2 aliphatic rings. The Bertz CT molecular complexity index is 638. The Morgan fingerprint density at radius 3 is 1.44 bits per heavy atom. The van der Waals surface area contributed by atoms with Gasteiger partial charge in [-0.1, -0.05) is 41.5 Å². The number of carbonyl (C=O) groups is 1. The molecule has 0 bridgehead atoms. The molecule has 2 saturated heterocycles. The lowest BCUT2D eigenvalue weighted by Crippen LogP contribution is -2.31. The van der Waals surface area contributed by atoms with E-state index in [1.165, 1.54) is 0 Å². The molecule has 0 radical (unpaired) electrons. The first-order valence-corrected chi connectivity index (χ1v) is 14.9. The van der Waals surface area contributed by atoms with E-state index in [0.29, 0.717) is 44.2 Å². The van der Waals surface area contributed by atoms with E-state index in [-0.39, 0.29) is 45.8 Å². The SMILES string of the molecule is CC(=O)CC(C)C.CC(C)CC1(C)OCC(COCC2COC(C)(CC(C)C)O2)O1.OCC(O)COCC(O)CO.[H+]. The fourth-order valence-corrected chi connectivity index (χ4v) is 4.59. The summed E-state index contributed by atoms with van der Waals surface area (Å²) in [5, 5.41) is 34.1. The van der Waals surface area contributed by atoms with Crippen LogP contribution in [0.15, 0.2) is 0 Å². The molecule has 2 fully saturated rings. The van der Waals surface area contributed by atoms with Gasteiger partial charge in [0, 0.05) is 19.3 Å². The summed E-state index contributed by atoms with van der Waals surface area (Å²) in [4.78, 5) is 10.3. The lowest BCUT2D eigenvalue weighted by Gasteiger charge is -2.25. The van der Waals surface area contributed by atoms with Crippen molar-refractivity contribution in [3.63, 3.8) is 0 Å². The van der Waals surface area contributed by atoms with Crippen LogP contribution < -0.4 is 0 Å². The minimum atomic E-state index is -0.916. The molecule has 0 amide bonds. The molecule has 0 aliphatic carbocycles. The molecule has 0 aromatic rings. The topological polar surface area (TPSA) is 153 Å². The fraction of sp³-hybridized carbons (Fsp3) is 0.967. The number of ether oxygens (including phenoxy) is 6. The van der Waals surface area contributed by atoms with Crippen LogP contribution in [0.5, 0.6) is 0 Å². The summed E-state index contributed by atoms with van der Waals surface area (Å²) in [5.41, 5.74) is 0. The Morgan fingerprint density at radius 2 is 1.17 bits per heavy atom. The van der Waals surface area contributed by atoms with Crippen LogP contribution in [0.1, 0.15) is 83.0 Å². The zero-order chi connectivity index (χ0) is 31.6. The average molecular weight is 598 g/mol. The Morgan fingerprint density at radius 1 is 0.780 bits per heavy atom. The minimum Gasteiger partial charge on any atom is -0.394 e. The number of aliphatic hydroxyl groups excluding tert-OH is 4. The molecule has 6 unspecified atom stereocenters. The summed E-state index contributed by atoms with van der Waals surface area (Å²) in [5.74, 6) is 0.966. The smallest absolute Gasteiger partial charge is 0.394 e. The molecule has 11 heteroatoms.